The van der Waals surface area contributed by atoms with E-state index < -0.39 is 5.41 Å². The summed E-state index contributed by atoms with van der Waals surface area (Å²) in [6.07, 6.45) is 9.45. The first-order valence-electron chi connectivity index (χ1n) is 8.25. The molecular formula is C19H29N3O3. The van der Waals surface area contributed by atoms with Crippen LogP contribution in [0.5, 0.6) is 0 Å². The lowest BCUT2D eigenvalue weighted by molar-refractivity contribution is -0.155. The number of allylic oxidation sites excluding steroid dienone is 3. The molecule has 0 bridgehead atoms. The van der Waals surface area contributed by atoms with Gasteiger partial charge in [-0.05, 0) is 50.8 Å². The van der Waals surface area contributed by atoms with E-state index in [1.807, 2.05) is 13.8 Å². The average molecular weight is 347 g/mol. The molecule has 0 aliphatic heterocycles. The Balaban J connectivity index is 2.63. The molecule has 1 aliphatic carbocycles. The number of amidine groups is 1. The first-order valence-corrected chi connectivity index (χ1v) is 8.25. The molecule has 1 atom stereocenters. The fourth-order valence-electron chi connectivity index (χ4n) is 2.44. The predicted octanol–water partition coefficient (Wildman–Crippen LogP) is 2.57. The number of hydrogen-bond acceptors (Lipinski definition) is 5. The van der Waals surface area contributed by atoms with E-state index in [9.17, 15) is 4.79 Å². The van der Waals surface area contributed by atoms with Gasteiger partial charge in [0.25, 0.3) is 0 Å². The number of esters is 1. The van der Waals surface area contributed by atoms with Gasteiger partial charge in [0.2, 0.25) is 0 Å². The topological polar surface area (TPSA) is 111 Å². The molecule has 6 nitrogen and oxygen atoms in total. The molecule has 0 unspecified atom stereocenters. The van der Waals surface area contributed by atoms with Crippen molar-refractivity contribution in [2.75, 3.05) is 13.7 Å². The summed E-state index contributed by atoms with van der Waals surface area (Å²) >= 11 is 0. The molecule has 0 aromatic carbocycles. The van der Waals surface area contributed by atoms with E-state index in [4.69, 9.17) is 26.4 Å². The summed E-state index contributed by atoms with van der Waals surface area (Å²) in [6, 6.07) is 0. The Hall–Kier alpha value is -2.34. The van der Waals surface area contributed by atoms with Crippen molar-refractivity contribution < 1.29 is 14.3 Å². The Morgan fingerprint density at radius 1 is 1.44 bits per heavy atom. The van der Waals surface area contributed by atoms with Gasteiger partial charge in [0.05, 0.1) is 25.2 Å². The standard InChI is InChI=1S/C19H29N3O3/c1-5-13(17(21)22)8-11-16(20)14-6-9-15(10-7-14)25-12-19(2,3)18(23)24-4/h5-6,8,11,15H,1,7,9-10,12,20H2,2-4H3,(H3,21,22)/b13-8+,16-11-/t15-/m0/s1. The Bertz CT molecular complexity index is 615. The summed E-state index contributed by atoms with van der Waals surface area (Å²) in [6.45, 7) is 7.56. The SMILES string of the molecule is C=C/C(=C\C=C(/N)C1=CC[C@H](OCC(C)(C)C(=O)OC)CC1)C(=N)N. The first kappa shape index (κ1) is 20.7. The molecule has 0 saturated heterocycles. The molecule has 0 radical (unpaired) electrons. The molecule has 1 aliphatic rings. The zero-order chi connectivity index (χ0) is 19.0. The Kier molecular flexibility index (Phi) is 7.64. The average Bonchev–Trinajstić information content (AvgIpc) is 2.59. The third-order valence-corrected chi connectivity index (χ3v) is 4.12. The highest BCUT2D eigenvalue weighted by atomic mass is 16.5. The lowest BCUT2D eigenvalue weighted by Crippen LogP contribution is -2.33. The minimum absolute atomic E-state index is 0.0432. The molecule has 1 rings (SSSR count). The Morgan fingerprint density at radius 3 is 2.60 bits per heavy atom. The highest BCUT2D eigenvalue weighted by Crippen LogP contribution is 2.26. The van der Waals surface area contributed by atoms with E-state index >= 15 is 0 Å². The fraction of sp³-hybridized carbons (Fsp3) is 0.474. The van der Waals surface area contributed by atoms with Crippen LogP contribution in [0.2, 0.25) is 0 Å². The van der Waals surface area contributed by atoms with Crippen LogP contribution in [0.15, 0.2) is 47.7 Å². The molecule has 0 aromatic rings. The van der Waals surface area contributed by atoms with Crippen LogP contribution in [0.25, 0.3) is 0 Å². The molecule has 0 aromatic heterocycles. The van der Waals surface area contributed by atoms with E-state index in [0.29, 0.717) is 17.9 Å². The molecule has 0 heterocycles. The molecule has 138 valence electrons. The summed E-state index contributed by atoms with van der Waals surface area (Å²) in [5, 5.41) is 7.41. The van der Waals surface area contributed by atoms with Crippen molar-refractivity contribution in [1.29, 1.82) is 5.41 Å². The maximum atomic E-state index is 11.7. The lowest BCUT2D eigenvalue weighted by Gasteiger charge is -2.27. The van der Waals surface area contributed by atoms with Crippen molar-refractivity contribution in [2.24, 2.45) is 16.9 Å². The molecule has 0 saturated carbocycles. The molecule has 25 heavy (non-hydrogen) atoms. The third-order valence-electron chi connectivity index (χ3n) is 4.12. The molecule has 0 spiro atoms. The van der Waals surface area contributed by atoms with E-state index in [1.165, 1.54) is 13.2 Å². The van der Waals surface area contributed by atoms with Gasteiger partial charge >= 0.3 is 5.97 Å². The summed E-state index contributed by atoms with van der Waals surface area (Å²) in [7, 11) is 1.38. The molecule has 0 amide bonds. The number of hydrogen-bond donors (Lipinski definition) is 3. The van der Waals surface area contributed by atoms with Crippen LogP contribution in [0.1, 0.15) is 33.1 Å². The third kappa shape index (κ3) is 6.23. The quantitative estimate of drug-likeness (QED) is 0.270. The van der Waals surface area contributed by atoms with Crippen LogP contribution in [-0.2, 0) is 14.3 Å². The minimum atomic E-state index is -0.657. The Labute approximate surface area is 149 Å². The number of carbonyl (C=O) groups is 1. The minimum Gasteiger partial charge on any atom is -0.469 e. The van der Waals surface area contributed by atoms with Crippen molar-refractivity contribution in [3.8, 4) is 0 Å². The van der Waals surface area contributed by atoms with Gasteiger partial charge in [-0.15, -0.1) is 0 Å². The molecule has 5 N–H and O–H groups in total. The highest BCUT2D eigenvalue weighted by molar-refractivity contribution is 5.97. The monoisotopic (exact) mass is 347 g/mol. The predicted molar refractivity (Wildman–Crippen MR) is 99.9 cm³/mol. The molecule has 0 fully saturated rings. The summed E-state index contributed by atoms with van der Waals surface area (Å²) in [5.41, 5.74) is 13.1. The van der Waals surface area contributed by atoms with Crippen molar-refractivity contribution in [3.63, 3.8) is 0 Å². The van der Waals surface area contributed by atoms with Gasteiger partial charge < -0.3 is 20.9 Å². The van der Waals surface area contributed by atoms with Crippen molar-refractivity contribution in [1.82, 2.24) is 0 Å². The second-order valence-corrected chi connectivity index (χ2v) is 6.67. The van der Waals surface area contributed by atoms with Gasteiger partial charge in [-0.1, -0.05) is 18.7 Å². The van der Waals surface area contributed by atoms with Gasteiger partial charge in [-0.25, -0.2) is 0 Å². The maximum absolute atomic E-state index is 11.7. The van der Waals surface area contributed by atoms with Gasteiger partial charge in [-0.2, -0.15) is 0 Å². The van der Waals surface area contributed by atoms with Crippen LogP contribution in [0.4, 0.5) is 0 Å². The summed E-state index contributed by atoms with van der Waals surface area (Å²) < 4.78 is 10.7. The zero-order valence-electron chi connectivity index (χ0n) is 15.3. The number of carbonyl (C=O) groups excluding carboxylic acids is 1. The molecule has 6 heteroatoms. The second kappa shape index (κ2) is 9.22. The van der Waals surface area contributed by atoms with Crippen molar-refractivity contribution in [3.05, 3.63) is 47.7 Å². The van der Waals surface area contributed by atoms with Crippen LogP contribution in [0.3, 0.4) is 0 Å². The zero-order valence-corrected chi connectivity index (χ0v) is 15.3. The molecular weight excluding hydrogens is 318 g/mol. The van der Waals surface area contributed by atoms with Gasteiger partial charge in [-0.3, -0.25) is 10.2 Å². The second-order valence-electron chi connectivity index (χ2n) is 6.67. The summed E-state index contributed by atoms with van der Waals surface area (Å²) in [4.78, 5) is 11.7. The van der Waals surface area contributed by atoms with Crippen LogP contribution >= 0.6 is 0 Å². The van der Waals surface area contributed by atoms with Crippen molar-refractivity contribution in [2.45, 2.75) is 39.2 Å². The number of nitrogens with one attached hydrogen (secondary N) is 1. The fourth-order valence-corrected chi connectivity index (χ4v) is 2.44. The van der Waals surface area contributed by atoms with E-state index in [-0.39, 0.29) is 17.9 Å². The maximum Gasteiger partial charge on any atom is 0.313 e. The number of methoxy groups -OCH3 is 1. The van der Waals surface area contributed by atoms with Crippen molar-refractivity contribution >= 4 is 11.8 Å². The lowest BCUT2D eigenvalue weighted by atomic mass is 9.93. The van der Waals surface area contributed by atoms with Gasteiger partial charge in [0.1, 0.15) is 5.84 Å². The number of nitrogens with two attached hydrogens (primary N) is 2. The Morgan fingerprint density at radius 2 is 2.12 bits per heavy atom. The highest BCUT2D eigenvalue weighted by Gasteiger charge is 2.30. The number of rotatable bonds is 8. The summed E-state index contributed by atoms with van der Waals surface area (Å²) in [5.74, 6) is -0.319. The van der Waals surface area contributed by atoms with E-state index in [2.05, 4.69) is 12.7 Å². The van der Waals surface area contributed by atoms with Crippen LogP contribution in [-0.4, -0.2) is 31.6 Å². The largest absolute Gasteiger partial charge is 0.469 e. The van der Waals surface area contributed by atoms with Crippen LogP contribution in [0, 0.1) is 10.8 Å². The number of ether oxygens (including phenoxy) is 2. The van der Waals surface area contributed by atoms with E-state index in [1.54, 1.807) is 12.2 Å². The van der Waals surface area contributed by atoms with Gasteiger partial charge in [0, 0.05) is 11.3 Å². The van der Waals surface area contributed by atoms with E-state index in [0.717, 1.165) is 24.8 Å². The normalized spacial score (nSPS) is 19.2. The first-order chi connectivity index (χ1) is 11.7. The van der Waals surface area contributed by atoms with Gasteiger partial charge in [0.15, 0.2) is 0 Å². The van der Waals surface area contributed by atoms with Crippen LogP contribution < -0.4 is 11.5 Å². The smallest absolute Gasteiger partial charge is 0.313 e.